The Kier molecular flexibility index (Phi) is 4.75. The van der Waals surface area contributed by atoms with E-state index in [1.807, 2.05) is 0 Å². The van der Waals surface area contributed by atoms with Gasteiger partial charge >= 0.3 is 6.18 Å². The zero-order valence-corrected chi connectivity index (χ0v) is 16.3. The van der Waals surface area contributed by atoms with Gasteiger partial charge in [0.05, 0.1) is 17.4 Å². The van der Waals surface area contributed by atoms with Crippen LogP contribution in [-0.2, 0) is 26.7 Å². The minimum atomic E-state index is -4.62. The number of aryl methyl sites for hydroxylation is 3. The number of nitrogens with zero attached hydrogens (tertiary/aromatic N) is 5. The van der Waals surface area contributed by atoms with Gasteiger partial charge in [-0.3, -0.25) is 14.3 Å². The lowest BCUT2D eigenvalue weighted by molar-refractivity contribution is -0.141. The molecule has 0 spiro atoms. The molecule has 1 aliphatic rings. The van der Waals surface area contributed by atoms with E-state index in [2.05, 4.69) is 15.5 Å². The maximum Gasteiger partial charge on any atom is 0.435 e. The quantitative estimate of drug-likeness (QED) is 0.703. The van der Waals surface area contributed by atoms with Gasteiger partial charge in [-0.1, -0.05) is 0 Å². The number of hydrogen-bond donors (Lipinski definition) is 1. The molecule has 11 heteroatoms. The van der Waals surface area contributed by atoms with E-state index in [4.69, 9.17) is 0 Å². The molecule has 0 saturated carbocycles. The van der Waals surface area contributed by atoms with Crippen LogP contribution in [0.2, 0.25) is 0 Å². The Labute approximate surface area is 168 Å². The van der Waals surface area contributed by atoms with E-state index >= 15 is 0 Å². The molecular weight excluding hydrogens is 401 g/mol. The molecule has 0 radical (unpaired) electrons. The second kappa shape index (κ2) is 7.15. The van der Waals surface area contributed by atoms with E-state index in [0.29, 0.717) is 12.1 Å². The summed E-state index contributed by atoms with van der Waals surface area (Å²) in [6, 6.07) is 3.46. The fraction of sp³-hybridized carbons (Fsp3) is 0.368. The predicted octanol–water partition coefficient (Wildman–Crippen LogP) is 2.13. The third kappa shape index (κ3) is 3.62. The molecule has 1 N–H and O–H groups in total. The third-order valence-corrected chi connectivity index (χ3v) is 5.15. The number of carbonyl (C=O) groups excluding carboxylic acids is 1. The van der Waals surface area contributed by atoms with Crippen LogP contribution in [0.15, 0.2) is 35.4 Å². The summed E-state index contributed by atoms with van der Waals surface area (Å²) in [6.07, 6.45) is 0.963. The van der Waals surface area contributed by atoms with Gasteiger partial charge in [0.25, 0.3) is 5.91 Å². The van der Waals surface area contributed by atoms with E-state index in [-0.39, 0.29) is 17.3 Å². The average molecular weight is 420 g/mol. The van der Waals surface area contributed by atoms with Crippen molar-refractivity contribution in [2.45, 2.75) is 31.5 Å². The summed E-state index contributed by atoms with van der Waals surface area (Å²) in [6.45, 7) is 0. The fourth-order valence-corrected chi connectivity index (χ4v) is 3.58. The number of alkyl halides is 3. The number of rotatable bonds is 3. The zero-order chi connectivity index (χ0) is 21.6. The van der Waals surface area contributed by atoms with E-state index in [1.54, 1.807) is 30.2 Å². The van der Waals surface area contributed by atoms with Crippen molar-refractivity contribution in [1.29, 1.82) is 0 Å². The number of nitrogens with one attached hydrogen (secondary N) is 1. The molecule has 4 rings (SSSR count). The normalized spacial score (nSPS) is 16.4. The zero-order valence-electron chi connectivity index (χ0n) is 16.3. The van der Waals surface area contributed by atoms with Gasteiger partial charge in [0.15, 0.2) is 5.69 Å². The summed E-state index contributed by atoms with van der Waals surface area (Å²) < 4.78 is 42.6. The van der Waals surface area contributed by atoms with Gasteiger partial charge in [0, 0.05) is 44.2 Å². The Morgan fingerprint density at radius 1 is 1.20 bits per heavy atom. The number of carbonyl (C=O) groups is 1. The number of pyridine rings is 1. The number of amides is 1. The molecule has 3 heterocycles. The van der Waals surface area contributed by atoms with Gasteiger partial charge < -0.3 is 9.88 Å². The Morgan fingerprint density at radius 2 is 1.97 bits per heavy atom. The van der Waals surface area contributed by atoms with Crippen LogP contribution in [0.25, 0.3) is 5.69 Å². The minimum absolute atomic E-state index is 0.143. The van der Waals surface area contributed by atoms with Crippen molar-refractivity contribution in [2.75, 3.05) is 0 Å². The number of halogens is 3. The smallest absolute Gasteiger partial charge is 0.344 e. The van der Waals surface area contributed by atoms with Crippen LogP contribution in [-0.4, -0.2) is 30.0 Å². The van der Waals surface area contributed by atoms with Crippen molar-refractivity contribution >= 4 is 5.91 Å². The molecule has 0 saturated heterocycles. The summed E-state index contributed by atoms with van der Waals surface area (Å²) in [5.74, 6) is -0.631. The Morgan fingerprint density at radius 3 is 2.63 bits per heavy atom. The first-order valence-electron chi connectivity index (χ1n) is 9.31. The van der Waals surface area contributed by atoms with Gasteiger partial charge in [-0.05, 0) is 25.3 Å². The lowest BCUT2D eigenvalue weighted by Crippen LogP contribution is -2.31. The molecule has 3 aromatic heterocycles. The monoisotopic (exact) mass is 420 g/mol. The Bertz CT molecular complexity index is 1170. The van der Waals surface area contributed by atoms with Gasteiger partial charge in [0.1, 0.15) is 5.69 Å². The van der Waals surface area contributed by atoms with E-state index in [1.165, 1.54) is 17.7 Å². The van der Waals surface area contributed by atoms with Gasteiger partial charge in [-0.2, -0.15) is 23.4 Å². The van der Waals surface area contributed by atoms with Crippen LogP contribution in [0.3, 0.4) is 0 Å². The second-order valence-electron chi connectivity index (χ2n) is 7.27. The highest BCUT2D eigenvalue weighted by Gasteiger charge is 2.36. The maximum atomic E-state index is 12.9. The molecule has 1 amide bonds. The molecule has 1 atom stereocenters. The summed E-state index contributed by atoms with van der Waals surface area (Å²) in [7, 11) is 2.94. The summed E-state index contributed by atoms with van der Waals surface area (Å²) in [5.41, 5.74) is 0.887. The Hall–Kier alpha value is -3.37. The molecule has 158 valence electrons. The first kappa shape index (κ1) is 19.9. The lowest BCUT2D eigenvalue weighted by atomic mass is 9.93. The largest absolute Gasteiger partial charge is 0.435 e. The maximum absolute atomic E-state index is 12.9. The van der Waals surface area contributed by atoms with Crippen LogP contribution in [0.1, 0.15) is 46.3 Å². The van der Waals surface area contributed by atoms with E-state index in [9.17, 15) is 22.8 Å². The average Bonchev–Trinajstić information content (AvgIpc) is 3.28. The number of hydrogen-bond acceptors (Lipinski definition) is 4. The van der Waals surface area contributed by atoms with Crippen molar-refractivity contribution < 1.29 is 18.0 Å². The van der Waals surface area contributed by atoms with Gasteiger partial charge in [-0.15, -0.1) is 0 Å². The summed E-state index contributed by atoms with van der Waals surface area (Å²) in [4.78, 5) is 24.2. The second-order valence-corrected chi connectivity index (χ2v) is 7.27. The highest BCUT2D eigenvalue weighted by atomic mass is 19.4. The standard InChI is InChI=1S/C19H19F3N6O2/c1-26-9-11(6-7-17(26)29)28-10-12-13(4-3-5-14(12)24-28)23-18(30)15-8-16(19(20,21)22)25-27(15)2/h6-10,13H,3-5H2,1-2H3,(H,23,30)/t13-/m0/s1. The van der Waals surface area contributed by atoms with Crippen molar-refractivity contribution in [3.63, 3.8) is 0 Å². The minimum Gasteiger partial charge on any atom is -0.344 e. The topological polar surface area (TPSA) is 86.7 Å². The third-order valence-electron chi connectivity index (χ3n) is 5.15. The van der Waals surface area contributed by atoms with Crippen molar-refractivity contribution in [3.8, 4) is 5.69 Å². The van der Waals surface area contributed by atoms with E-state index in [0.717, 1.165) is 34.8 Å². The Balaban J connectivity index is 1.60. The van der Waals surface area contributed by atoms with Crippen molar-refractivity contribution in [2.24, 2.45) is 14.1 Å². The molecule has 8 nitrogen and oxygen atoms in total. The molecule has 3 aromatic rings. The predicted molar refractivity (Wildman–Crippen MR) is 100 cm³/mol. The molecule has 0 bridgehead atoms. The molecule has 0 fully saturated rings. The van der Waals surface area contributed by atoms with Gasteiger partial charge in [0.2, 0.25) is 5.56 Å². The van der Waals surface area contributed by atoms with Crippen LogP contribution in [0.4, 0.5) is 13.2 Å². The van der Waals surface area contributed by atoms with Crippen molar-refractivity contribution in [1.82, 2.24) is 29.4 Å². The van der Waals surface area contributed by atoms with Crippen LogP contribution in [0.5, 0.6) is 0 Å². The fourth-order valence-electron chi connectivity index (χ4n) is 3.58. The molecule has 0 aromatic carbocycles. The highest BCUT2D eigenvalue weighted by Crippen LogP contribution is 2.31. The number of aromatic nitrogens is 5. The summed E-state index contributed by atoms with van der Waals surface area (Å²) in [5, 5.41) is 10.8. The molecule has 1 aliphatic carbocycles. The summed E-state index contributed by atoms with van der Waals surface area (Å²) >= 11 is 0. The molecule has 30 heavy (non-hydrogen) atoms. The van der Waals surface area contributed by atoms with Gasteiger partial charge in [-0.25, -0.2) is 4.68 Å². The first-order chi connectivity index (χ1) is 14.1. The van der Waals surface area contributed by atoms with E-state index < -0.39 is 17.8 Å². The van der Waals surface area contributed by atoms with Crippen LogP contribution < -0.4 is 10.9 Å². The van der Waals surface area contributed by atoms with Crippen molar-refractivity contribution in [3.05, 3.63) is 63.6 Å². The highest BCUT2D eigenvalue weighted by molar-refractivity contribution is 5.93. The van der Waals surface area contributed by atoms with Crippen LogP contribution in [0, 0.1) is 0 Å². The SMILES string of the molecule is Cn1nc(C(F)(F)F)cc1C(=O)N[C@H]1CCCc2nn(-c3ccc(=O)n(C)c3)cc21. The molecule has 0 unspecified atom stereocenters. The number of fused-ring (bicyclic) bond motifs is 1. The molecular formula is C19H19F3N6O2. The lowest BCUT2D eigenvalue weighted by Gasteiger charge is -2.22. The van der Waals surface area contributed by atoms with Crippen LogP contribution >= 0.6 is 0 Å². The first-order valence-corrected chi connectivity index (χ1v) is 9.31. The molecule has 0 aliphatic heterocycles.